The first-order valence-corrected chi connectivity index (χ1v) is 17.5. The van der Waals surface area contributed by atoms with Gasteiger partial charge < -0.3 is 29.9 Å². The summed E-state index contributed by atoms with van der Waals surface area (Å²) >= 11 is 0. The molecule has 0 bridgehead atoms. The molecule has 0 aromatic carbocycles. The maximum Gasteiger partial charge on any atom is 0.229 e. The molecule has 2 aliphatic rings. The highest BCUT2D eigenvalue weighted by molar-refractivity contribution is 5.82. The second-order valence-corrected chi connectivity index (χ2v) is 15.8. The van der Waals surface area contributed by atoms with Crippen molar-refractivity contribution in [2.45, 2.75) is 94.2 Å². The predicted molar refractivity (Wildman–Crippen MR) is 192 cm³/mol. The number of hydrogen-bond donors (Lipinski definition) is 2. The quantitative estimate of drug-likeness (QED) is 0.360. The number of pyridine rings is 2. The molecule has 10 heteroatoms. The molecule has 4 heterocycles. The maximum atomic E-state index is 12.7. The smallest absolute Gasteiger partial charge is 0.229 e. The van der Waals surface area contributed by atoms with Crippen molar-refractivity contribution in [1.82, 2.24) is 30.4 Å². The van der Waals surface area contributed by atoms with Crippen LogP contribution in [0.25, 0.3) is 0 Å². The Kier molecular flexibility index (Phi) is 13.8. The van der Waals surface area contributed by atoms with Crippen LogP contribution in [0.3, 0.4) is 0 Å². The molecule has 0 spiro atoms. The van der Waals surface area contributed by atoms with E-state index in [2.05, 4.69) is 58.3 Å². The highest BCUT2D eigenvalue weighted by atomic mass is 16.5. The number of rotatable bonds is 10. The topological polar surface area (TPSA) is 109 Å². The summed E-state index contributed by atoms with van der Waals surface area (Å²) in [4.78, 5) is 38.7. The Morgan fingerprint density at radius 3 is 1.40 bits per heavy atom. The van der Waals surface area contributed by atoms with Gasteiger partial charge in [-0.2, -0.15) is 0 Å². The number of ether oxygens (including phenoxy) is 2. The third kappa shape index (κ3) is 11.4. The summed E-state index contributed by atoms with van der Waals surface area (Å²) in [6.07, 6.45) is 5.57. The first-order chi connectivity index (χ1) is 22.4. The van der Waals surface area contributed by atoms with E-state index in [0.29, 0.717) is 36.8 Å². The van der Waals surface area contributed by atoms with Gasteiger partial charge in [0.05, 0.1) is 10.8 Å². The lowest BCUT2D eigenvalue weighted by Crippen LogP contribution is -2.52. The largest absolute Gasteiger partial charge is 0.476 e. The second-order valence-electron chi connectivity index (χ2n) is 15.8. The van der Waals surface area contributed by atoms with Gasteiger partial charge in [-0.15, -0.1) is 0 Å². The monoisotopic (exact) mass is 666 g/mol. The number of hydrogen-bond acceptors (Lipinski definition) is 8. The molecule has 2 amide bonds. The van der Waals surface area contributed by atoms with Crippen LogP contribution in [0, 0.1) is 50.4 Å². The molecular formula is C38H62N6O4. The van der Waals surface area contributed by atoms with E-state index in [1.54, 1.807) is 12.4 Å². The molecule has 2 aliphatic heterocycles. The highest BCUT2D eigenvalue weighted by Gasteiger charge is 2.35. The van der Waals surface area contributed by atoms with E-state index in [9.17, 15) is 9.59 Å². The zero-order valence-corrected chi connectivity index (χ0v) is 31.7. The zero-order chi connectivity index (χ0) is 35.8. The Labute approximate surface area is 289 Å². The van der Waals surface area contributed by atoms with Crippen molar-refractivity contribution in [1.29, 1.82) is 0 Å². The first-order valence-electron chi connectivity index (χ1n) is 17.5. The molecule has 2 aromatic rings. The average molecular weight is 667 g/mol. The van der Waals surface area contributed by atoms with Gasteiger partial charge in [0.25, 0.3) is 0 Å². The molecule has 0 unspecified atom stereocenters. The first kappa shape index (κ1) is 39.2. The van der Waals surface area contributed by atoms with Crippen LogP contribution in [0.4, 0.5) is 0 Å². The minimum absolute atomic E-state index is 0.0497. The number of aryl methyl sites for hydroxylation is 4. The van der Waals surface area contributed by atoms with E-state index < -0.39 is 10.8 Å². The summed E-state index contributed by atoms with van der Waals surface area (Å²) in [7, 11) is 4.26. The van der Waals surface area contributed by atoms with Crippen molar-refractivity contribution in [3.8, 4) is 11.8 Å². The Morgan fingerprint density at radius 2 is 1.08 bits per heavy atom. The number of piperidine rings is 2. The Hall–Kier alpha value is -3.24. The fourth-order valence-electron chi connectivity index (χ4n) is 6.20. The van der Waals surface area contributed by atoms with Crippen molar-refractivity contribution in [2.24, 2.45) is 22.7 Å². The van der Waals surface area contributed by atoms with Crippen molar-refractivity contribution < 1.29 is 19.1 Å². The van der Waals surface area contributed by atoms with Crippen LogP contribution in [0.2, 0.25) is 0 Å². The van der Waals surface area contributed by atoms with E-state index in [1.165, 1.54) is 0 Å². The number of nitrogens with one attached hydrogen (secondary N) is 2. The van der Waals surface area contributed by atoms with E-state index in [1.807, 2.05) is 67.5 Å². The van der Waals surface area contributed by atoms with Gasteiger partial charge in [-0.25, -0.2) is 9.97 Å². The Bertz CT molecular complexity index is 1280. The number of aromatic nitrogens is 2. The molecule has 268 valence electrons. The lowest BCUT2D eigenvalue weighted by molar-refractivity contribution is -0.133. The van der Waals surface area contributed by atoms with Crippen LogP contribution >= 0.6 is 0 Å². The minimum atomic E-state index is -0.595. The number of carbonyl (C=O) groups is 2. The summed E-state index contributed by atoms with van der Waals surface area (Å²) in [6.45, 7) is 24.8. The van der Waals surface area contributed by atoms with Gasteiger partial charge >= 0.3 is 0 Å². The van der Waals surface area contributed by atoms with Crippen LogP contribution in [0.5, 0.6) is 11.8 Å². The molecule has 4 atom stereocenters. The minimum Gasteiger partial charge on any atom is -0.476 e. The molecule has 2 aromatic heterocycles. The standard InChI is InChI=1S/2C19H31N3O2/c2*1-13-9-14(2)17(20-10-13)24-12-19(4,5)18(23)21-16-7-8-22(6)11-15(16)3/h2*9-10,15-16H,7-8,11-12H2,1-6H3,(H,21,23)/t2*15-,16-/m10/s1. The molecular weight excluding hydrogens is 604 g/mol. The molecule has 0 aliphatic carbocycles. The Morgan fingerprint density at radius 1 is 0.729 bits per heavy atom. The fourth-order valence-corrected chi connectivity index (χ4v) is 6.20. The second kappa shape index (κ2) is 16.9. The normalized spacial score (nSPS) is 22.2. The molecule has 10 nitrogen and oxygen atoms in total. The summed E-state index contributed by atoms with van der Waals surface area (Å²) in [5, 5.41) is 6.45. The lowest BCUT2D eigenvalue weighted by atomic mass is 9.89. The molecule has 2 saturated heterocycles. The molecule has 4 rings (SSSR count). The van der Waals surface area contributed by atoms with Gasteiger partial charge in [0, 0.05) is 48.7 Å². The van der Waals surface area contributed by atoms with Crippen LogP contribution in [0.1, 0.15) is 76.6 Å². The zero-order valence-electron chi connectivity index (χ0n) is 31.7. The molecule has 2 fully saturated rings. The van der Waals surface area contributed by atoms with Gasteiger partial charge in [0.15, 0.2) is 0 Å². The maximum absolute atomic E-state index is 12.7. The predicted octanol–water partition coefficient (Wildman–Crippen LogP) is 5.12. The van der Waals surface area contributed by atoms with Crippen molar-refractivity contribution in [3.05, 3.63) is 46.8 Å². The molecule has 48 heavy (non-hydrogen) atoms. The summed E-state index contributed by atoms with van der Waals surface area (Å²) in [6, 6.07) is 4.56. The van der Waals surface area contributed by atoms with Crippen molar-refractivity contribution >= 4 is 11.8 Å². The molecule has 0 radical (unpaired) electrons. The third-order valence-corrected chi connectivity index (χ3v) is 9.55. The van der Waals surface area contributed by atoms with Crippen LogP contribution in [-0.2, 0) is 9.59 Å². The Balaban J connectivity index is 0.000000260. The third-order valence-electron chi connectivity index (χ3n) is 9.55. The summed E-state index contributed by atoms with van der Waals surface area (Å²) in [5.74, 6) is 2.24. The molecule has 2 N–H and O–H groups in total. The number of amides is 2. The fraction of sp³-hybridized carbons (Fsp3) is 0.684. The van der Waals surface area contributed by atoms with Crippen LogP contribution in [0.15, 0.2) is 24.5 Å². The summed E-state index contributed by atoms with van der Waals surface area (Å²) < 4.78 is 11.7. The lowest BCUT2D eigenvalue weighted by Gasteiger charge is -2.37. The van der Waals surface area contributed by atoms with Gasteiger partial charge in [-0.1, -0.05) is 13.8 Å². The van der Waals surface area contributed by atoms with Crippen LogP contribution in [-0.4, -0.2) is 97.2 Å². The van der Waals surface area contributed by atoms with Gasteiger partial charge in [0.1, 0.15) is 13.2 Å². The SMILES string of the molecule is Cc1cnc(OCC(C)(C)C(=O)N[C@@H]2CCN(C)C[C@H]2C)c(C)c1.Cc1cnc(OCC(C)(C)C(=O)N[C@H]2CCN(C)C[C@@H]2C)c(C)c1. The van der Waals surface area contributed by atoms with Gasteiger partial charge in [0.2, 0.25) is 23.6 Å². The number of carbonyl (C=O) groups excluding carboxylic acids is 2. The van der Waals surface area contributed by atoms with Crippen molar-refractivity contribution in [2.75, 3.05) is 53.5 Å². The van der Waals surface area contributed by atoms with Gasteiger partial charge in [-0.3, -0.25) is 9.59 Å². The van der Waals surface area contributed by atoms with E-state index in [0.717, 1.165) is 61.3 Å². The number of nitrogens with zero attached hydrogens (tertiary/aromatic N) is 4. The van der Waals surface area contributed by atoms with Crippen molar-refractivity contribution in [3.63, 3.8) is 0 Å². The highest BCUT2D eigenvalue weighted by Crippen LogP contribution is 2.24. The van der Waals surface area contributed by atoms with E-state index in [-0.39, 0.29) is 23.9 Å². The van der Waals surface area contributed by atoms with E-state index in [4.69, 9.17) is 9.47 Å². The molecule has 0 saturated carbocycles. The van der Waals surface area contributed by atoms with Crippen LogP contribution < -0.4 is 20.1 Å². The summed E-state index contributed by atoms with van der Waals surface area (Å²) in [5.41, 5.74) is 3.01. The number of likely N-dealkylation sites (tertiary alicyclic amines) is 2. The van der Waals surface area contributed by atoms with Gasteiger partial charge in [-0.05, 0) is 131 Å². The van der Waals surface area contributed by atoms with E-state index >= 15 is 0 Å². The average Bonchev–Trinajstić information content (AvgIpc) is 2.99.